The number of rotatable bonds is 3. The Kier molecular flexibility index (Phi) is 9.35. The minimum Gasteiger partial charge on any atom is -0.346 e. The van der Waals surface area contributed by atoms with Gasteiger partial charge in [0.05, 0.1) is 11.7 Å². The lowest BCUT2D eigenvalue weighted by molar-refractivity contribution is -0.120. The van der Waals surface area contributed by atoms with Crippen LogP contribution in [-0.2, 0) is 4.79 Å². The summed E-state index contributed by atoms with van der Waals surface area (Å²) < 4.78 is 0. The summed E-state index contributed by atoms with van der Waals surface area (Å²) in [5.74, 6) is 1.27. The number of Topliss-reactive ketones (excluding diaryl/α,β-unsaturated/α-hetero) is 1. The molecule has 21 heavy (non-hydrogen) atoms. The zero-order valence-electron chi connectivity index (χ0n) is 14.4. The fourth-order valence-electron chi connectivity index (χ4n) is 2.48. The fraction of sp³-hybridized carbons (Fsp3) is 0.556. The molecule has 3 heteroatoms. The van der Waals surface area contributed by atoms with Gasteiger partial charge in [-0.15, -0.1) is 0 Å². The summed E-state index contributed by atoms with van der Waals surface area (Å²) in [5.41, 5.74) is 2.08. The molecule has 0 aliphatic carbocycles. The zero-order valence-corrected chi connectivity index (χ0v) is 14.4. The maximum absolute atomic E-state index is 11.6. The van der Waals surface area contributed by atoms with E-state index in [1.165, 1.54) is 0 Å². The maximum atomic E-state index is 11.6. The molecule has 2 rings (SSSR count). The van der Waals surface area contributed by atoms with Crippen molar-refractivity contribution in [2.75, 3.05) is 6.54 Å². The van der Waals surface area contributed by atoms with Crippen LogP contribution in [0.2, 0.25) is 0 Å². The van der Waals surface area contributed by atoms with Gasteiger partial charge in [0.25, 0.3) is 0 Å². The van der Waals surface area contributed by atoms with Crippen LogP contribution < -0.4 is 0 Å². The van der Waals surface area contributed by atoms with Crippen LogP contribution in [0, 0.1) is 0 Å². The highest BCUT2D eigenvalue weighted by Crippen LogP contribution is 2.28. The van der Waals surface area contributed by atoms with E-state index >= 15 is 0 Å². The molecule has 0 amide bonds. The Balaban J connectivity index is 0.000000921. The summed E-state index contributed by atoms with van der Waals surface area (Å²) in [4.78, 5) is 18.3. The standard InChI is InChI=1S/C14H18N2O.2C2H6/c1-4-6-11-9-16-13(10(3)17)7-8-14(16)15-12(11)5-2;2*1-2/h4-6,13H,2,7-9H2,1,3H3;2*1-2H3/b6-4-;;. The molecule has 0 saturated carbocycles. The Hall–Kier alpha value is -1.64. The number of carbonyl (C=O) groups is 1. The van der Waals surface area contributed by atoms with Crippen LogP contribution in [0.25, 0.3) is 0 Å². The zero-order chi connectivity index (χ0) is 16.4. The van der Waals surface area contributed by atoms with Crippen LogP contribution in [0.3, 0.4) is 0 Å². The molecule has 0 aromatic rings. The lowest BCUT2D eigenvalue weighted by Gasteiger charge is -2.29. The predicted octanol–water partition coefficient (Wildman–Crippen LogP) is 4.52. The number of allylic oxidation sites excluding steroid dienone is 2. The van der Waals surface area contributed by atoms with E-state index in [1.54, 1.807) is 13.0 Å². The van der Waals surface area contributed by atoms with Gasteiger partial charge in [-0.25, -0.2) is 4.99 Å². The Labute approximate surface area is 130 Å². The van der Waals surface area contributed by atoms with Crippen LogP contribution in [-0.4, -0.2) is 29.1 Å². The van der Waals surface area contributed by atoms with Crippen molar-refractivity contribution >= 4 is 11.6 Å². The molecule has 118 valence electrons. The molecule has 1 unspecified atom stereocenters. The van der Waals surface area contributed by atoms with Crippen LogP contribution in [0.4, 0.5) is 0 Å². The molecule has 0 aromatic carbocycles. The topological polar surface area (TPSA) is 32.7 Å². The van der Waals surface area contributed by atoms with E-state index in [1.807, 2.05) is 46.8 Å². The van der Waals surface area contributed by atoms with Gasteiger partial charge in [0.1, 0.15) is 5.84 Å². The van der Waals surface area contributed by atoms with Crippen molar-refractivity contribution in [1.29, 1.82) is 0 Å². The average molecular weight is 290 g/mol. The van der Waals surface area contributed by atoms with E-state index in [0.717, 1.165) is 36.5 Å². The second-order valence-electron chi connectivity index (χ2n) is 4.44. The van der Waals surface area contributed by atoms with Crippen molar-refractivity contribution in [3.8, 4) is 0 Å². The predicted molar refractivity (Wildman–Crippen MR) is 92.6 cm³/mol. The van der Waals surface area contributed by atoms with Gasteiger partial charge in [0, 0.05) is 13.0 Å². The molecule has 2 aliphatic heterocycles. The summed E-state index contributed by atoms with van der Waals surface area (Å²) >= 11 is 0. The number of hydrogen-bond donors (Lipinski definition) is 0. The largest absolute Gasteiger partial charge is 0.346 e. The van der Waals surface area contributed by atoms with Crippen molar-refractivity contribution in [2.24, 2.45) is 4.99 Å². The quantitative estimate of drug-likeness (QED) is 0.765. The summed E-state index contributed by atoms with van der Waals surface area (Å²) in [6, 6.07) is 0.0142. The Morgan fingerprint density at radius 2 is 1.95 bits per heavy atom. The molecule has 3 nitrogen and oxygen atoms in total. The number of amidine groups is 1. The molecule has 0 radical (unpaired) electrons. The normalized spacial score (nSPS) is 20.0. The molecule has 1 saturated heterocycles. The van der Waals surface area contributed by atoms with Gasteiger partial charge in [-0.05, 0) is 31.9 Å². The van der Waals surface area contributed by atoms with Crippen molar-refractivity contribution < 1.29 is 4.79 Å². The Bertz CT molecular complexity index is 444. The highest BCUT2D eigenvalue weighted by atomic mass is 16.1. The number of nitrogens with zero attached hydrogens (tertiary/aromatic N) is 2. The maximum Gasteiger partial charge on any atom is 0.152 e. The van der Waals surface area contributed by atoms with Crippen LogP contribution in [0.5, 0.6) is 0 Å². The molecule has 0 spiro atoms. The van der Waals surface area contributed by atoms with Crippen molar-refractivity contribution in [3.63, 3.8) is 0 Å². The fourth-order valence-corrected chi connectivity index (χ4v) is 2.48. The van der Waals surface area contributed by atoms with Gasteiger partial charge >= 0.3 is 0 Å². The van der Waals surface area contributed by atoms with Crippen molar-refractivity contribution in [2.45, 2.75) is 60.4 Å². The number of carbonyl (C=O) groups excluding carboxylic acids is 1. The van der Waals surface area contributed by atoms with E-state index in [2.05, 4.69) is 16.5 Å². The molecule has 2 aliphatic rings. The molecular formula is C18H30N2O. The van der Waals surface area contributed by atoms with Crippen molar-refractivity contribution in [1.82, 2.24) is 4.90 Å². The summed E-state index contributed by atoms with van der Waals surface area (Å²) in [7, 11) is 0. The molecule has 1 atom stereocenters. The lowest BCUT2D eigenvalue weighted by Crippen LogP contribution is -2.40. The average Bonchev–Trinajstić information content (AvgIpc) is 2.93. The van der Waals surface area contributed by atoms with Gasteiger partial charge < -0.3 is 4.90 Å². The molecule has 1 fully saturated rings. The van der Waals surface area contributed by atoms with Crippen LogP contribution in [0.1, 0.15) is 54.4 Å². The van der Waals surface area contributed by atoms with E-state index in [0.29, 0.717) is 0 Å². The number of ketones is 1. The third-order valence-electron chi connectivity index (χ3n) is 3.30. The van der Waals surface area contributed by atoms with E-state index in [-0.39, 0.29) is 11.8 Å². The second-order valence-corrected chi connectivity index (χ2v) is 4.44. The van der Waals surface area contributed by atoms with E-state index in [9.17, 15) is 4.79 Å². The monoisotopic (exact) mass is 290 g/mol. The van der Waals surface area contributed by atoms with Crippen LogP contribution in [0.15, 0.2) is 41.1 Å². The van der Waals surface area contributed by atoms with Gasteiger partial charge in [-0.1, -0.05) is 46.4 Å². The first-order valence-corrected chi connectivity index (χ1v) is 8.00. The second kappa shape index (κ2) is 10.1. The lowest BCUT2D eigenvalue weighted by atomic mass is 10.1. The minimum absolute atomic E-state index is 0.0142. The highest BCUT2D eigenvalue weighted by Gasteiger charge is 2.34. The first-order valence-electron chi connectivity index (χ1n) is 8.00. The van der Waals surface area contributed by atoms with Gasteiger partial charge in [-0.2, -0.15) is 0 Å². The first-order chi connectivity index (χ1) is 10.2. The van der Waals surface area contributed by atoms with E-state index in [4.69, 9.17) is 0 Å². The van der Waals surface area contributed by atoms with Gasteiger partial charge in [0.2, 0.25) is 0 Å². The molecule has 0 N–H and O–H groups in total. The first kappa shape index (κ1) is 19.4. The molecular weight excluding hydrogens is 260 g/mol. The number of hydrogen-bond acceptors (Lipinski definition) is 3. The Morgan fingerprint density at radius 1 is 1.33 bits per heavy atom. The molecule has 2 heterocycles. The SMILES string of the molecule is C=CC1=C(/C=C\C)CN2C(=N1)CCC2C(C)=O.CC.CC. The summed E-state index contributed by atoms with van der Waals surface area (Å²) in [6.45, 7) is 16.2. The van der Waals surface area contributed by atoms with Gasteiger partial charge in [0.15, 0.2) is 5.78 Å². The minimum atomic E-state index is 0.0142. The van der Waals surface area contributed by atoms with Gasteiger partial charge in [-0.3, -0.25) is 4.79 Å². The number of aliphatic imine (C=N–C) groups is 1. The number of fused-ring (bicyclic) bond motifs is 1. The summed E-state index contributed by atoms with van der Waals surface area (Å²) in [5, 5.41) is 0. The third kappa shape index (κ3) is 4.69. The third-order valence-corrected chi connectivity index (χ3v) is 3.30. The Morgan fingerprint density at radius 3 is 2.43 bits per heavy atom. The highest BCUT2D eigenvalue weighted by molar-refractivity contribution is 5.95. The van der Waals surface area contributed by atoms with E-state index < -0.39 is 0 Å². The molecule has 0 aromatic heterocycles. The molecule has 0 bridgehead atoms. The smallest absolute Gasteiger partial charge is 0.152 e. The van der Waals surface area contributed by atoms with Crippen LogP contribution >= 0.6 is 0 Å². The summed E-state index contributed by atoms with van der Waals surface area (Å²) in [6.07, 6.45) is 7.62. The van der Waals surface area contributed by atoms with Crippen molar-refractivity contribution in [3.05, 3.63) is 36.1 Å².